The van der Waals surface area contributed by atoms with E-state index < -0.39 is 0 Å². The zero-order valence-corrected chi connectivity index (χ0v) is 10.2. The lowest BCUT2D eigenvalue weighted by molar-refractivity contribution is 0.294. The third-order valence-electron chi connectivity index (χ3n) is 2.07. The fourth-order valence-corrected chi connectivity index (χ4v) is 1.19. The number of benzene rings is 1. The monoisotopic (exact) mass is 217 g/mol. The maximum absolute atomic E-state index is 5.59. The third kappa shape index (κ3) is 4.78. The summed E-state index contributed by atoms with van der Waals surface area (Å²) in [6.07, 6.45) is 4.00. The number of hydrogen-bond acceptors (Lipinski definition) is 2. The minimum Gasteiger partial charge on any atom is -0.473 e. The molecule has 1 aromatic carbocycles. The van der Waals surface area contributed by atoms with Crippen molar-refractivity contribution in [2.75, 3.05) is 7.05 Å². The normalized spacial score (nSPS) is 12.4. The van der Waals surface area contributed by atoms with Crippen LogP contribution in [0.4, 0.5) is 0 Å². The van der Waals surface area contributed by atoms with Gasteiger partial charge in [0.2, 0.25) is 5.90 Å². The molecular weight excluding hydrogens is 198 g/mol. The van der Waals surface area contributed by atoms with E-state index in [1.807, 2.05) is 36.4 Å². The van der Waals surface area contributed by atoms with Crippen LogP contribution in [0.25, 0.3) is 0 Å². The van der Waals surface area contributed by atoms with Gasteiger partial charge in [-0.2, -0.15) is 0 Å². The molecule has 0 fully saturated rings. The number of allylic oxidation sites excluding steroid dienone is 1. The summed E-state index contributed by atoms with van der Waals surface area (Å²) in [5.74, 6) is 1.19. The third-order valence-corrected chi connectivity index (χ3v) is 2.07. The molecule has 0 radical (unpaired) electrons. The van der Waals surface area contributed by atoms with Gasteiger partial charge in [0.1, 0.15) is 6.61 Å². The Kier molecular flexibility index (Phi) is 5.34. The van der Waals surface area contributed by atoms with Crippen molar-refractivity contribution in [2.45, 2.75) is 20.5 Å². The Labute approximate surface area is 97.7 Å². The van der Waals surface area contributed by atoms with Gasteiger partial charge in [0.15, 0.2) is 0 Å². The lowest BCUT2D eigenvalue weighted by Crippen LogP contribution is -2.02. The molecule has 0 aromatic heterocycles. The van der Waals surface area contributed by atoms with Gasteiger partial charge in [0, 0.05) is 7.05 Å². The van der Waals surface area contributed by atoms with Gasteiger partial charge >= 0.3 is 0 Å². The van der Waals surface area contributed by atoms with Crippen molar-refractivity contribution in [1.82, 2.24) is 0 Å². The summed E-state index contributed by atoms with van der Waals surface area (Å²) >= 11 is 0. The van der Waals surface area contributed by atoms with Gasteiger partial charge in [-0.25, -0.2) is 0 Å². The number of ether oxygens (including phenoxy) is 1. The number of rotatable bonds is 4. The topological polar surface area (TPSA) is 21.6 Å². The first-order valence-electron chi connectivity index (χ1n) is 5.54. The van der Waals surface area contributed by atoms with E-state index in [0.29, 0.717) is 18.4 Å². The molecule has 86 valence electrons. The van der Waals surface area contributed by atoms with E-state index in [2.05, 4.69) is 24.9 Å². The molecule has 0 aliphatic rings. The molecule has 1 aromatic rings. The highest BCUT2D eigenvalue weighted by molar-refractivity contribution is 5.87. The SMILES string of the molecule is CN=C(C=CC(C)C)OCc1ccccc1. The molecule has 0 atom stereocenters. The van der Waals surface area contributed by atoms with Crippen molar-refractivity contribution in [1.29, 1.82) is 0 Å². The standard InChI is InChI=1S/C14H19NO/c1-12(2)9-10-14(15-3)16-11-13-7-5-4-6-8-13/h4-10,12H,11H2,1-3H3. The van der Waals surface area contributed by atoms with Gasteiger partial charge in [-0.05, 0) is 17.6 Å². The van der Waals surface area contributed by atoms with E-state index in [1.54, 1.807) is 7.05 Å². The first kappa shape index (κ1) is 12.5. The molecule has 16 heavy (non-hydrogen) atoms. The summed E-state index contributed by atoms with van der Waals surface area (Å²) < 4.78 is 5.59. The molecule has 0 aliphatic heterocycles. The van der Waals surface area contributed by atoms with Crippen LogP contribution in [0.3, 0.4) is 0 Å². The summed E-state index contributed by atoms with van der Waals surface area (Å²) in [4.78, 5) is 4.08. The summed E-state index contributed by atoms with van der Waals surface area (Å²) in [7, 11) is 1.74. The van der Waals surface area contributed by atoms with Crippen LogP contribution < -0.4 is 0 Å². The highest BCUT2D eigenvalue weighted by atomic mass is 16.5. The van der Waals surface area contributed by atoms with Gasteiger partial charge in [0.05, 0.1) is 0 Å². The van der Waals surface area contributed by atoms with Gasteiger partial charge < -0.3 is 4.74 Å². The largest absolute Gasteiger partial charge is 0.473 e. The van der Waals surface area contributed by atoms with Crippen molar-refractivity contribution in [3.8, 4) is 0 Å². The maximum atomic E-state index is 5.59. The highest BCUT2D eigenvalue weighted by Crippen LogP contribution is 2.02. The highest BCUT2D eigenvalue weighted by Gasteiger charge is 1.96. The molecule has 0 saturated carbocycles. The molecule has 0 heterocycles. The Hall–Kier alpha value is -1.57. The van der Waals surface area contributed by atoms with Gasteiger partial charge in [-0.3, -0.25) is 4.99 Å². The van der Waals surface area contributed by atoms with Crippen molar-refractivity contribution in [3.05, 3.63) is 48.0 Å². The molecule has 0 saturated heterocycles. The minimum absolute atomic E-state index is 0.511. The summed E-state index contributed by atoms with van der Waals surface area (Å²) in [6.45, 7) is 4.82. The second kappa shape index (κ2) is 6.83. The van der Waals surface area contributed by atoms with Crippen LogP contribution in [0.5, 0.6) is 0 Å². The van der Waals surface area contributed by atoms with Gasteiger partial charge in [-0.15, -0.1) is 0 Å². The van der Waals surface area contributed by atoms with Gasteiger partial charge in [-0.1, -0.05) is 50.3 Å². The molecular formula is C14H19NO. The van der Waals surface area contributed by atoms with E-state index in [1.165, 1.54) is 0 Å². The second-order valence-corrected chi connectivity index (χ2v) is 3.94. The number of nitrogens with zero attached hydrogens (tertiary/aromatic N) is 1. The lowest BCUT2D eigenvalue weighted by atomic mass is 10.2. The zero-order chi connectivity index (χ0) is 11.8. The molecule has 0 aliphatic carbocycles. The smallest absolute Gasteiger partial charge is 0.208 e. The predicted molar refractivity (Wildman–Crippen MR) is 68.6 cm³/mol. The average Bonchev–Trinajstić information content (AvgIpc) is 2.30. The summed E-state index contributed by atoms with van der Waals surface area (Å²) in [5.41, 5.74) is 1.15. The van der Waals surface area contributed by atoms with Crippen LogP contribution in [0, 0.1) is 5.92 Å². The van der Waals surface area contributed by atoms with Crippen LogP contribution in [-0.2, 0) is 11.3 Å². The van der Waals surface area contributed by atoms with E-state index in [-0.39, 0.29) is 0 Å². The number of aliphatic imine (C=N–C) groups is 1. The van der Waals surface area contributed by atoms with E-state index in [9.17, 15) is 0 Å². The van der Waals surface area contributed by atoms with E-state index >= 15 is 0 Å². The van der Waals surface area contributed by atoms with Crippen molar-refractivity contribution >= 4 is 5.90 Å². The van der Waals surface area contributed by atoms with Crippen LogP contribution in [0.1, 0.15) is 19.4 Å². The van der Waals surface area contributed by atoms with E-state index in [4.69, 9.17) is 4.74 Å². The van der Waals surface area contributed by atoms with Crippen molar-refractivity contribution < 1.29 is 4.74 Å². The fourth-order valence-electron chi connectivity index (χ4n) is 1.19. The molecule has 2 heteroatoms. The van der Waals surface area contributed by atoms with Crippen LogP contribution in [0.2, 0.25) is 0 Å². The molecule has 0 unspecified atom stereocenters. The quantitative estimate of drug-likeness (QED) is 0.559. The first-order chi connectivity index (χ1) is 7.72. The Morgan fingerprint density at radius 3 is 2.56 bits per heavy atom. The van der Waals surface area contributed by atoms with Crippen molar-refractivity contribution in [3.63, 3.8) is 0 Å². The second-order valence-electron chi connectivity index (χ2n) is 3.94. The fraction of sp³-hybridized carbons (Fsp3) is 0.357. The Balaban J connectivity index is 2.47. The zero-order valence-electron chi connectivity index (χ0n) is 10.2. The van der Waals surface area contributed by atoms with Gasteiger partial charge in [0.25, 0.3) is 0 Å². The van der Waals surface area contributed by atoms with Crippen LogP contribution >= 0.6 is 0 Å². The average molecular weight is 217 g/mol. The Bertz CT molecular complexity index is 352. The molecule has 0 spiro atoms. The maximum Gasteiger partial charge on any atom is 0.208 e. The molecule has 1 rings (SSSR count). The minimum atomic E-state index is 0.511. The lowest BCUT2D eigenvalue weighted by Gasteiger charge is -2.05. The summed E-state index contributed by atoms with van der Waals surface area (Å²) in [6, 6.07) is 10.1. The molecule has 0 amide bonds. The molecule has 0 N–H and O–H groups in total. The van der Waals surface area contributed by atoms with Crippen molar-refractivity contribution in [2.24, 2.45) is 10.9 Å². The Morgan fingerprint density at radius 1 is 1.31 bits per heavy atom. The summed E-state index contributed by atoms with van der Waals surface area (Å²) in [5, 5.41) is 0. The van der Waals surface area contributed by atoms with Crippen LogP contribution in [0.15, 0.2) is 47.5 Å². The van der Waals surface area contributed by atoms with E-state index in [0.717, 1.165) is 5.56 Å². The number of hydrogen-bond donors (Lipinski definition) is 0. The predicted octanol–water partition coefficient (Wildman–Crippen LogP) is 3.44. The van der Waals surface area contributed by atoms with Crippen LogP contribution in [-0.4, -0.2) is 12.9 Å². The molecule has 0 bridgehead atoms. The Morgan fingerprint density at radius 2 is 2.00 bits per heavy atom. The molecule has 2 nitrogen and oxygen atoms in total. The first-order valence-corrected chi connectivity index (χ1v) is 5.54.